The van der Waals surface area contributed by atoms with E-state index >= 15 is 0 Å². The zero-order chi connectivity index (χ0) is 24.8. The van der Waals surface area contributed by atoms with Crippen molar-refractivity contribution in [2.45, 2.75) is 11.4 Å². The Hall–Kier alpha value is -3.07. The first-order valence-corrected chi connectivity index (χ1v) is 13.2. The first-order valence-electron chi connectivity index (χ1n) is 11.3. The maximum atomic E-state index is 13.7. The van der Waals surface area contributed by atoms with E-state index in [0.29, 0.717) is 26.2 Å². The number of piperazine rings is 1. The molecule has 0 bridgehead atoms. The van der Waals surface area contributed by atoms with E-state index in [-0.39, 0.29) is 34.7 Å². The number of nitrogens with zero attached hydrogens (tertiary/aromatic N) is 3. The zero-order valence-electron chi connectivity index (χ0n) is 19.5. The number of anilines is 1. The number of hydrogen-bond donors (Lipinski definition) is 0. The summed E-state index contributed by atoms with van der Waals surface area (Å²) in [7, 11) is -2.68. The molecule has 0 unspecified atom stereocenters. The standard InChI is InChI=1S/C26H28ClN3O4S/c1-34-24-13-12-22(27)18-25(24)35(32,33)30(19-21-8-4-2-5-9-21)20-26(31)29-16-14-28(15-17-29)23-10-6-3-7-11-23/h2-13,18H,14-17,19-20H2,1H3. The van der Waals surface area contributed by atoms with Crippen molar-refractivity contribution < 1.29 is 17.9 Å². The van der Waals surface area contributed by atoms with Gasteiger partial charge in [0, 0.05) is 43.4 Å². The summed E-state index contributed by atoms with van der Waals surface area (Å²) in [6, 6.07) is 23.7. The van der Waals surface area contributed by atoms with Crippen molar-refractivity contribution in [1.82, 2.24) is 9.21 Å². The summed E-state index contributed by atoms with van der Waals surface area (Å²) < 4.78 is 34.0. The molecule has 1 amide bonds. The number of benzene rings is 3. The van der Waals surface area contributed by atoms with Crippen LogP contribution in [0.25, 0.3) is 0 Å². The van der Waals surface area contributed by atoms with Crippen LogP contribution in [0.5, 0.6) is 5.75 Å². The van der Waals surface area contributed by atoms with Crippen LogP contribution >= 0.6 is 11.6 Å². The molecule has 1 heterocycles. The molecular weight excluding hydrogens is 486 g/mol. The quantitative estimate of drug-likeness (QED) is 0.457. The van der Waals surface area contributed by atoms with Gasteiger partial charge in [0.05, 0.1) is 13.7 Å². The van der Waals surface area contributed by atoms with Gasteiger partial charge in [-0.2, -0.15) is 4.31 Å². The van der Waals surface area contributed by atoms with Crippen molar-refractivity contribution in [3.8, 4) is 5.75 Å². The van der Waals surface area contributed by atoms with Crippen LogP contribution in [-0.2, 0) is 21.4 Å². The number of rotatable bonds is 8. The Kier molecular flexibility index (Phi) is 7.95. The zero-order valence-corrected chi connectivity index (χ0v) is 21.1. The molecule has 35 heavy (non-hydrogen) atoms. The van der Waals surface area contributed by atoms with Crippen molar-refractivity contribution in [2.75, 3.05) is 44.7 Å². The molecule has 0 spiro atoms. The van der Waals surface area contributed by atoms with Crippen LogP contribution in [0.1, 0.15) is 5.56 Å². The van der Waals surface area contributed by atoms with Gasteiger partial charge in [-0.1, -0.05) is 60.1 Å². The molecule has 0 aromatic heterocycles. The number of para-hydroxylation sites is 1. The Balaban J connectivity index is 1.55. The smallest absolute Gasteiger partial charge is 0.247 e. The van der Waals surface area contributed by atoms with Crippen LogP contribution < -0.4 is 9.64 Å². The van der Waals surface area contributed by atoms with Gasteiger partial charge < -0.3 is 14.5 Å². The lowest BCUT2D eigenvalue weighted by Crippen LogP contribution is -2.51. The molecule has 1 fully saturated rings. The fourth-order valence-electron chi connectivity index (χ4n) is 4.11. The van der Waals surface area contributed by atoms with Gasteiger partial charge in [0.2, 0.25) is 15.9 Å². The highest BCUT2D eigenvalue weighted by atomic mass is 35.5. The molecule has 0 radical (unpaired) electrons. The Morgan fingerprint density at radius 2 is 1.57 bits per heavy atom. The number of halogens is 1. The van der Waals surface area contributed by atoms with Crippen molar-refractivity contribution in [3.63, 3.8) is 0 Å². The first-order chi connectivity index (χ1) is 16.9. The fourth-order valence-corrected chi connectivity index (χ4v) is 5.90. The lowest BCUT2D eigenvalue weighted by Gasteiger charge is -2.37. The number of carbonyl (C=O) groups is 1. The Morgan fingerprint density at radius 3 is 2.20 bits per heavy atom. The van der Waals surface area contributed by atoms with Gasteiger partial charge in [-0.05, 0) is 35.9 Å². The molecule has 7 nitrogen and oxygen atoms in total. The molecule has 0 saturated carbocycles. The molecular formula is C26H28ClN3O4S. The molecule has 184 valence electrons. The normalized spacial score (nSPS) is 14.3. The molecule has 1 aliphatic heterocycles. The monoisotopic (exact) mass is 513 g/mol. The lowest BCUT2D eigenvalue weighted by atomic mass is 10.2. The van der Waals surface area contributed by atoms with Crippen molar-refractivity contribution >= 4 is 33.2 Å². The van der Waals surface area contributed by atoms with Crippen LogP contribution in [-0.4, -0.2) is 63.4 Å². The minimum atomic E-state index is -4.09. The molecule has 0 aliphatic carbocycles. The lowest BCUT2D eigenvalue weighted by molar-refractivity contribution is -0.131. The average molecular weight is 514 g/mol. The molecule has 4 rings (SSSR count). The van der Waals surface area contributed by atoms with E-state index in [4.69, 9.17) is 16.3 Å². The average Bonchev–Trinajstić information content (AvgIpc) is 2.89. The summed E-state index contributed by atoms with van der Waals surface area (Å²) in [5.74, 6) is -0.0606. The molecule has 0 N–H and O–H groups in total. The number of carbonyl (C=O) groups excluding carboxylic acids is 1. The van der Waals surface area contributed by atoms with Gasteiger partial charge in [-0.3, -0.25) is 4.79 Å². The molecule has 1 saturated heterocycles. The number of ether oxygens (including phenoxy) is 1. The predicted molar refractivity (Wildman–Crippen MR) is 137 cm³/mol. The van der Waals surface area contributed by atoms with Crippen LogP contribution in [0.3, 0.4) is 0 Å². The third-order valence-electron chi connectivity index (χ3n) is 6.01. The molecule has 3 aromatic carbocycles. The molecule has 3 aromatic rings. The van der Waals surface area contributed by atoms with Crippen LogP contribution in [0.4, 0.5) is 5.69 Å². The number of methoxy groups -OCH3 is 1. The number of hydrogen-bond acceptors (Lipinski definition) is 5. The molecule has 9 heteroatoms. The van der Waals surface area contributed by atoms with E-state index in [1.165, 1.54) is 23.5 Å². The number of amides is 1. The fraction of sp³-hybridized carbons (Fsp3) is 0.269. The minimum Gasteiger partial charge on any atom is -0.495 e. The number of sulfonamides is 1. The second kappa shape index (κ2) is 11.1. The van der Waals surface area contributed by atoms with Crippen LogP contribution in [0.15, 0.2) is 83.8 Å². The highest BCUT2D eigenvalue weighted by molar-refractivity contribution is 7.89. The maximum absolute atomic E-state index is 13.7. The van der Waals surface area contributed by atoms with Gasteiger partial charge in [0.1, 0.15) is 10.6 Å². The summed E-state index contributed by atoms with van der Waals surface area (Å²) in [5.41, 5.74) is 1.89. The highest BCUT2D eigenvalue weighted by Gasteiger charge is 2.32. The van der Waals surface area contributed by atoms with E-state index in [1.54, 1.807) is 11.0 Å². The first kappa shape index (κ1) is 25.0. The van der Waals surface area contributed by atoms with Gasteiger partial charge in [0.25, 0.3) is 0 Å². The van der Waals surface area contributed by atoms with Crippen molar-refractivity contribution in [3.05, 3.63) is 89.4 Å². The second-order valence-corrected chi connectivity index (χ2v) is 10.6. The predicted octanol–water partition coefficient (Wildman–Crippen LogP) is 3.89. The summed E-state index contributed by atoms with van der Waals surface area (Å²) >= 11 is 6.12. The summed E-state index contributed by atoms with van der Waals surface area (Å²) in [5, 5.41) is 0.271. The Labute approximate surface area is 211 Å². The SMILES string of the molecule is COc1ccc(Cl)cc1S(=O)(=O)N(CC(=O)N1CCN(c2ccccc2)CC1)Cc1ccccc1. The van der Waals surface area contributed by atoms with Gasteiger partial charge in [0.15, 0.2) is 0 Å². The van der Waals surface area contributed by atoms with Gasteiger partial charge >= 0.3 is 0 Å². The topological polar surface area (TPSA) is 70.2 Å². The second-order valence-electron chi connectivity index (χ2n) is 8.26. The summed E-state index contributed by atoms with van der Waals surface area (Å²) in [6.45, 7) is 2.18. The third kappa shape index (κ3) is 5.96. The summed E-state index contributed by atoms with van der Waals surface area (Å²) in [6.07, 6.45) is 0. The highest BCUT2D eigenvalue weighted by Crippen LogP contribution is 2.30. The van der Waals surface area contributed by atoms with Crippen LogP contribution in [0, 0.1) is 0 Å². The van der Waals surface area contributed by atoms with E-state index in [9.17, 15) is 13.2 Å². The van der Waals surface area contributed by atoms with E-state index in [0.717, 1.165) is 11.3 Å². The molecule has 0 atom stereocenters. The van der Waals surface area contributed by atoms with E-state index in [2.05, 4.69) is 4.90 Å². The van der Waals surface area contributed by atoms with E-state index < -0.39 is 10.0 Å². The summed E-state index contributed by atoms with van der Waals surface area (Å²) in [4.78, 5) is 17.2. The third-order valence-corrected chi connectivity index (χ3v) is 8.06. The van der Waals surface area contributed by atoms with Crippen LogP contribution in [0.2, 0.25) is 5.02 Å². The van der Waals surface area contributed by atoms with Gasteiger partial charge in [-0.15, -0.1) is 0 Å². The van der Waals surface area contributed by atoms with Crippen molar-refractivity contribution in [2.24, 2.45) is 0 Å². The Morgan fingerprint density at radius 1 is 0.943 bits per heavy atom. The van der Waals surface area contributed by atoms with E-state index in [1.807, 2.05) is 60.7 Å². The van der Waals surface area contributed by atoms with Gasteiger partial charge in [-0.25, -0.2) is 8.42 Å². The Bertz CT molecular complexity index is 1250. The van der Waals surface area contributed by atoms with Crippen molar-refractivity contribution in [1.29, 1.82) is 0 Å². The minimum absolute atomic E-state index is 0.0502. The maximum Gasteiger partial charge on any atom is 0.247 e. The largest absolute Gasteiger partial charge is 0.495 e. The molecule has 1 aliphatic rings.